The number of nitrogens with zero attached hydrogens (tertiary/aromatic N) is 2. The Bertz CT molecular complexity index is 546. The van der Waals surface area contributed by atoms with Crippen LogP contribution < -0.4 is 5.32 Å². The Hall–Kier alpha value is -2.79. The van der Waals surface area contributed by atoms with Crippen molar-refractivity contribution in [2.24, 2.45) is 0 Å². The molecule has 0 radical (unpaired) electrons. The lowest BCUT2D eigenvalue weighted by Gasteiger charge is -2.08. The summed E-state index contributed by atoms with van der Waals surface area (Å²) < 4.78 is 0. The first kappa shape index (κ1) is 12.3. The van der Waals surface area contributed by atoms with Crippen LogP contribution in [-0.2, 0) is 0 Å². The van der Waals surface area contributed by atoms with Crippen LogP contribution in [0, 0.1) is 29.6 Å². The van der Waals surface area contributed by atoms with Crippen LogP contribution in [0.15, 0.2) is 30.0 Å². The van der Waals surface area contributed by atoms with Gasteiger partial charge in [-0.25, -0.2) is 4.79 Å². The molecule has 0 saturated heterocycles. The highest BCUT2D eigenvalue weighted by molar-refractivity contribution is 5.95. The van der Waals surface area contributed by atoms with Gasteiger partial charge in [-0.2, -0.15) is 10.5 Å². The van der Waals surface area contributed by atoms with Crippen molar-refractivity contribution in [3.8, 4) is 12.1 Å². The van der Waals surface area contributed by atoms with Crippen LogP contribution in [0.25, 0.3) is 0 Å². The first-order valence-corrected chi connectivity index (χ1v) is 4.70. The van der Waals surface area contributed by atoms with Gasteiger partial charge in [-0.1, -0.05) is 12.1 Å². The van der Waals surface area contributed by atoms with Crippen LogP contribution in [0.4, 0.5) is 5.69 Å². The highest BCUT2D eigenvalue weighted by Gasteiger charge is 2.10. The second kappa shape index (κ2) is 5.34. The van der Waals surface area contributed by atoms with Gasteiger partial charge in [-0.05, 0) is 18.6 Å². The lowest BCUT2D eigenvalue weighted by Crippen LogP contribution is -2.04. The van der Waals surface area contributed by atoms with Crippen molar-refractivity contribution in [1.29, 1.82) is 10.5 Å². The Balaban J connectivity index is 3.16. The summed E-state index contributed by atoms with van der Waals surface area (Å²) in [5.41, 5.74) is 1.07. The molecule has 0 saturated carbocycles. The maximum atomic E-state index is 11.0. The standard InChI is InChI=1S/C12H9N3O2/c1-8-3-2-4-10(12(16)17)11(8)15-7-9(5-13)6-14/h2-4,7,15H,1H3,(H,16,17). The molecule has 1 rings (SSSR count). The Morgan fingerprint density at radius 2 is 2.06 bits per heavy atom. The molecular formula is C12H9N3O2. The molecule has 0 aliphatic carbocycles. The van der Waals surface area contributed by atoms with Gasteiger partial charge in [0.1, 0.15) is 17.7 Å². The summed E-state index contributed by atoms with van der Waals surface area (Å²) in [6.45, 7) is 1.74. The maximum absolute atomic E-state index is 11.0. The van der Waals surface area contributed by atoms with Gasteiger partial charge in [0.2, 0.25) is 0 Å². The summed E-state index contributed by atoms with van der Waals surface area (Å²) in [5.74, 6) is -1.07. The molecule has 0 aliphatic rings. The summed E-state index contributed by atoms with van der Waals surface area (Å²) in [6, 6.07) is 8.17. The molecule has 0 unspecified atom stereocenters. The van der Waals surface area contributed by atoms with Crippen LogP contribution >= 0.6 is 0 Å². The topological polar surface area (TPSA) is 96.9 Å². The van der Waals surface area contributed by atoms with Crippen LogP contribution in [0.3, 0.4) is 0 Å². The number of carbonyl (C=O) groups is 1. The van der Waals surface area contributed by atoms with E-state index in [0.29, 0.717) is 5.69 Å². The number of carboxylic acids is 1. The number of rotatable bonds is 3. The number of benzene rings is 1. The fraction of sp³-hybridized carbons (Fsp3) is 0.0833. The van der Waals surface area contributed by atoms with Gasteiger partial charge >= 0.3 is 5.97 Å². The van der Waals surface area contributed by atoms with Gasteiger partial charge < -0.3 is 10.4 Å². The molecule has 0 amide bonds. The second-order valence-corrected chi connectivity index (χ2v) is 3.23. The quantitative estimate of drug-likeness (QED) is 0.770. The third-order valence-corrected chi connectivity index (χ3v) is 2.10. The van der Waals surface area contributed by atoms with Crippen molar-refractivity contribution >= 4 is 11.7 Å². The Kier molecular flexibility index (Phi) is 3.86. The molecule has 5 heteroatoms. The first-order chi connectivity index (χ1) is 8.10. The minimum Gasteiger partial charge on any atom is -0.478 e. The smallest absolute Gasteiger partial charge is 0.337 e. The van der Waals surface area contributed by atoms with Crippen molar-refractivity contribution < 1.29 is 9.90 Å². The number of para-hydroxylation sites is 1. The molecule has 1 aromatic carbocycles. The van der Waals surface area contributed by atoms with E-state index in [0.717, 1.165) is 5.56 Å². The zero-order chi connectivity index (χ0) is 12.8. The molecule has 0 aliphatic heterocycles. The average molecular weight is 227 g/mol. The number of aromatic carboxylic acids is 1. The molecule has 0 heterocycles. The highest BCUT2D eigenvalue weighted by atomic mass is 16.4. The summed E-state index contributed by atoms with van der Waals surface area (Å²) in [5, 5.41) is 28.8. The molecule has 0 atom stereocenters. The van der Waals surface area contributed by atoms with Crippen LogP contribution in [0.5, 0.6) is 0 Å². The van der Waals surface area contributed by atoms with E-state index in [-0.39, 0.29) is 11.1 Å². The number of carboxylic acid groups (broad SMARTS) is 1. The number of hydrogen-bond acceptors (Lipinski definition) is 4. The van der Waals surface area contributed by atoms with Gasteiger partial charge in [-0.15, -0.1) is 0 Å². The van der Waals surface area contributed by atoms with E-state index in [1.807, 2.05) is 0 Å². The summed E-state index contributed by atoms with van der Waals surface area (Å²) in [4.78, 5) is 11.0. The fourth-order valence-electron chi connectivity index (χ4n) is 1.27. The van der Waals surface area contributed by atoms with Crippen molar-refractivity contribution in [3.05, 3.63) is 41.1 Å². The molecule has 0 fully saturated rings. The lowest BCUT2D eigenvalue weighted by atomic mass is 10.1. The van der Waals surface area contributed by atoms with Crippen molar-refractivity contribution in [2.75, 3.05) is 5.32 Å². The summed E-state index contributed by atoms with van der Waals surface area (Å²) in [7, 11) is 0. The number of aryl methyl sites for hydroxylation is 1. The fourth-order valence-corrected chi connectivity index (χ4v) is 1.27. The number of hydrogen-bond donors (Lipinski definition) is 2. The minimum atomic E-state index is -1.07. The number of allylic oxidation sites excluding steroid dienone is 1. The molecule has 0 spiro atoms. The molecule has 0 aromatic heterocycles. The maximum Gasteiger partial charge on any atom is 0.337 e. The van der Waals surface area contributed by atoms with Gasteiger partial charge in [-0.3, -0.25) is 0 Å². The molecule has 5 nitrogen and oxygen atoms in total. The average Bonchev–Trinajstić information content (AvgIpc) is 2.31. The van der Waals surface area contributed by atoms with E-state index < -0.39 is 5.97 Å². The zero-order valence-corrected chi connectivity index (χ0v) is 9.06. The Labute approximate surface area is 98.2 Å². The monoisotopic (exact) mass is 227 g/mol. The van der Waals surface area contributed by atoms with Crippen LogP contribution in [0.2, 0.25) is 0 Å². The predicted molar refractivity (Wildman–Crippen MR) is 61.1 cm³/mol. The lowest BCUT2D eigenvalue weighted by molar-refractivity contribution is 0.0698. The molecular weight excluding hydrogens is 218 g/mol. The van der Waals surface area contributed by atoms with Gasteiger partial charge in [0.25, 0.3) is 0 Å². The third-order valence-electron chi connectivity index (χ3n) is 2.10. The normalized spacial score (nSPS) is 8.65. The summed E-state index contributed by atoms with van der Waals surface area (Å²) in [6.07, 6.45) is 1.19. The van der Waals surface area contributed by atoms with Crippen molar-refractivity contribution in [3.63, 3.8) is 0 Å². The molecule has 1 aromatic rings. The zero-order valence-electron chi connectivity index (χ0n) is 9.06. The first-order valence-electron chi connectivity index (χ1n) is 4.70. The van der Waals surface area contributed by atoms with E-state index in [9.17, 15) is 4.79 Å². The van der Waals surface area contributed by atoms with E-state index in [1.54, 1.807) is 31.2 Å². The SMILES string of the molecule is Cc1cccc(C(=O)O)c1NC=C(C#N)C#N. The van der Waals surface area contributed by atoms with E-state index in [1.165, 1.54) is 12.3 Å². The third kappa shape index (κ3) is 2.83. The van der Waals surface area contributed by atoms with Gasteiger partial charge in [0.15, 0.2) is 0 Å². The van der Waals surface area contributed by atoms with E-state index >= 15 is 0 Å². The number of nitriles is 2. The molecule has 2 N–H and O–H groups in total. The van der Waals surface area contributed by atoms with Crippen LogP contribution in [0.1, 0.15) is 15.9 Å². The Morgan fingerprint density at radius 1 is 1.41 bits per heavy atom. The van der Waals surface area contributed by atoms with Crippen LogP contribution in [-0.4, -0.2) is 11.1 Å². The number of anilines is 1. The van der Waals surface area contributed by atoms with Gasteiger partial charge in [0, 0.05) is 6.20 Å². The number of nitrogens with one attached hydrogen (secondary N) is 1. The molecule has 17 heavy (non-hydrogen) atoms. The Morgan fingerprint density at radius 3 is 2.59 bits per heavy atom. The largest absolute Gasteiger partial charge is 0.478 e. The second-order valence-electron chi connectivity index (χ2n) is 3.23. The molecule has 0 bridgehead atoms. The van der Waals surface area contributed by atoms with E-state index in [2.05, 4.69) is 5.32 Å². The predicted octanol–water partition coefficient (Wildman–Crippen LogP) is 2.04. The molecule has 84 valence electrons. The van der Waals surface area contributed by atoms with Crippen molar-refractivity contribution in [1.82, 2.24) is 0 Å². The van der Waals surface area contributed by atoms with E-state index in [4.69, 9.17) is 15.6 Å². The summed E-state index contributed by atoms with van der Waals surface area (Å²) >= 11 is 0. The van der Waals surface area contributed by atoms with Crippen molar-refractivity contribution in [2.45, 2.75) is 6.92 Å². The highest BCUT2D eigenvalue weighted by Crippen LogP contribution is 2.20. The minimum absolute atomic E-state index is 0.0940. The van der Waals surface area contributed by atoms with Gasteiger partial charge in [0.05, 0.1) is 11.3 Å².